The van der Waals surface area contributed by atoms with Gasteiger partial charge < -0.3 is 14.5 Å². The molecule has 0 aliphatic heterocycles. The predicted molar refractivity (Wildman–Crippen MR) is 145 cm³/mol. The zero-order valence-corrected chi connectivity index (χ0v) is 23.5. The first-order chi connectivity index (χ1) is 18.1. The third-order valence-electron chi connectivity index (χ3n) is 7.01. The van der Waals surface area contributed by atoms with Gasteiger partial charge in [0.05, 0.1) is 19.0 Å². The van der Waals surface area contributed by atoms with Gasteiger partial charge in [0.25, 0.3) is 0 Å². The molecule has 2 N–H and O–H groups in total. The Morgan fingerprint density at radius 3 is 2.29 bits per heavy atom. The molecule has 1 aromatic carbocycles. The molecule has 0 spiro atoms. The minimum absolute atomic E-state index is 0.157. The Balaban J connectivity index is 1.68. The largest absolute Gasteiger partial charge is 0.417 e. The van der Waals surface area contributed by atoms with Crippen LogP contribution in [0.4, 0.5) is 20.4 Å². The second-order valence-electron chi connectivity index (χ2n) is 10.2. The number of anilines is 2. The zero-order valence-electron chi connectivity index (χ0n) is 22.5. The highest BCUT2D eigenvalue weighted by Crippen LogP contribution is 2.43. The van der Waals surface area contributed by atoms with E-state index in [4.69, 9.17) is 9.41 Å². The van der Waals surface area contributed by atoms with Gasteiger partial charge in [-0.25, -0.2) is 19.7 Å². The lowest BCUT2D eigenvalue weighted by atomic mass is 10.1. The van der Waals surface area contributed by atoms with Gasteiger partial charge in [-0.2, -0.15) is 19.0 Å². The summed E-state index contributed by atoms with van der Waals surface area (Å²) in [5.41, 5.74) is 3.57. The highest BCUT2D eigenvalue weighted by molar-refractivity contribution is 6.77. The van der Waals surface area contributed by atoms with Gasteiger partial charge in [-0.1, -0.05) is 71.9 Å². The molecule has 3 aromatic heterocycles. The summed E-state index contributed by atoms with van der Waals surface area (Å²) in [5.74, 6) is 0.498. The van der Waals surface area contributed by atoms with Crippen molar-refractivity contribution in [3.8, 4) is 5.88 Å². The molecule has 0 radical (unpaired) electrons. The van der Waals surface area contributed by atoms with Crippen LogP contribution in [-0.4, -0.2) is 51.5 Å². The number of aromatic amines is 1. The van der Waals surface area contributed by atoms with Crippen LogP contribution >= 0.6 is 0 Å². The highest BCUT2D eigenvalue weighted by Gasteiger charge is 2.45. The standard InChI is InChI=1S/C26H35F2N7O2Si/c1-16(2)38(17(3)4,18(5)6)36-15-21(19-10-8-7-9-11-19)35-25-20(13-30-35)29-14-23(32-25)31-22-12-24(34-33-22)37-26(27)28/h7-14,16-18,21,26H,15H2,1-6H3,(H2,31,32,33,34). The first-order valence-electron chi connectivity index (χ1n) is 12.8. The van der Waals surface area contributed by atoms with Crippen LogP contribution in [-0.2, 0) is 4.43 Å². The summed E-state index contributed by atoms with van der Waals surface area (Å²) >= 11 is 0. The summed E-state index contributed by atoms with van der Waals surface area (Å²) in [4.78, 5) is 9.23. The maximum absolute atomic E-state index is 12.5. The monoisotopic (exact) mass is 543 g/mol. The van der Waals surface area contributed by atoms with E-state index < -0.39 is 14.9 Å². The molecule has 0 aliphatic rings. The SMILES string of the molecule is CC(C)[Si](OCC(c1ccccc1)n1ncc2ncc(Nc3cc(OC(F)F)[nH]n3)nc21)(C(C)C)C(C)C. The maximum Gasteiger partial charge on any atom is 0.388 e. The summed E-state index contributed by atoms with van der Waals surface area (Å²) < 4.78 is 38.2. The van der Waals surface area contributed by atoms with Crippen LogP contribution in [0, 0.1) is 0 Å². The first-order valence-corrected chi connectivity index (χ1v) is 14.9. The molecule has 0 aliphatic carbocycles. The van der Waals surface area contributed by atoms with Crippen LogP contribution in [0.15, 0.2) is 48.8 Å². The van der Waals surface area contributed by atoms with Crippen LogP contribution < -0.4 is 10.1 Å². The van der Waals surface area contributed by atoms with Crippen LogP contribution in [0.3, 0.4) is 0 Å². The predicted octanol–water partition coefficient (Wildman–Crippen LogP) is 6.68. The number of benzene rings is 1. The number of halogens is 2. The molecule has 4 rings (SSSR count). The van der Waals surface area contributed by atoms with E-state index in [2.05, 4.69) is 84.0 Å². The van der Waals surface area contributed by atoms with Gasteiger partial charge in [0.2, 0.25) is 5.88 Å². The molecule has 38 heavy (non-hydrogen) atoms. The molecule has 204 valence electrons. The fraction of sp³-hybridized carbons (Fsp3) is 0.462. The summed E-state index contributed by atoms with van der Waals surface area (Å²) in [6, 6.07) is 11.2. The second kappa shape index (κ2) is 11.6. The molecule has 4 aromatic rings. The average molecular weight is 544 g/mol. The molecule has 0 bridgehead atoms. The van der Waals surface area contributed by atoms with E-state index in [-0.39, 0.29) is 17.7 Å². The number of nitrogens with one attached hydrogen (secondary N) is 2. The summed E-state index contributed by atoms with van der Waals surface area (Å²) in [6.45, 7) is 11.1. The molecule has 12 heteroatoms. The molecule has 0 fully saturated rings. The smallest absolute Gasteiger partial charge is 0.388 e. The Morgan fingerprint density at radius 2 is 1.66 bits per heavy atom. The van der Waals surface area contributed by atoms with Gasteiger partial charge in [0.1, 0.15) is 11.6 Å². The van der Waals surface area contributed by atoms with E-state index in [0.717, 1.165) is 5.56 Å². The van der Waals surface area contributed by atoms with Crippen molar-refractivity contribution >= 4 is 31.1 Å². The lowest BCUT2D eigenvalue weighted by Crippen LogP contribution is -2.48. The van der Waals surface area contributed by atoms with E-state index in [1.807, 2.05) is 22.9 Å². The molecule has 3 heterocycles. The topological polar surface area (TPSA) is 103 Å². The Morgan fingerprint density at radius 1 is 0.974 bits per heavy atom. The van der Waals surface area contributed by atoms with E-state index in [1.54, 1.807) is 12.4 Å². The van der Waals surface area contributed by atoms with Gasteiger partial charge >= 0.3 is 6.61 Å². The summed E-state index contributed by atoms with van der Waals surface area (Å²) in [7, 11) is -2.14. The number of nitrogens with zero attached hydrogens (tertiary/aromatic N) is 5. The van der Waals surface area contributed by atoms with Crippen LogP contribution in [0.5, 0.6) is 5.88 Å². The number of hydrogen-bond acceptors (Lipinski definition) is 7. The minimum atomic E-state index is -2.95. The van der Waals surface area contributed by atoms with Gasteiger partial charge in [0.15, 0.2) is 25.6 Å². The van der Waals surface area contributed by atoms with Crippen LogP contribution in [0.2, 0.25) is 16.6 Å². The molecule has 0 saturated heterocycles. The number of rotatable bonds is 12. The molecule has 0 amide bonds. The van der Waals surface area contributed by atoms with Gasteiger partial charge in [0, 0.05) is 6.07 Å². The molecular weight excluding hydrogens is 508 g/mol. The normalized spacial score (nSPS) is 13.3. The summed E-state index contributed by atoms with van der Waals surface area (Å²) in [6.07, 6.45) is 3.22. The van der Waals surface area contributed by atoms with Crippen molar-refractivity contribution in [2.45, 2.75) is 70.8 Å². The van der Waals surface area contributed by atoms with Crippen molar-refractivity contribution in [3.05, 3.63) is 54.4 Å². The third-order valence-corrected chi connectivity index (χ3v) is 13.1. The Kier molecular flexibility index (Phi) is 8.41. The van der Waals surface area contributed by atoms with Crippen molar-refractivity contribution in [3.63, 3.8) is 0 Å². The van der Waals surface area contributed by atoms with E-state index in [1.165, 1.54) is 6.07 Å². The molecular formula is C26H35F2N7O2Si. The average Bonchev–Trinajstić information content (AvgIpc) is 3.48. The fourth-order valence-corrected chi connectivity index (χ4v) is 10.9. The molecule has 1 atom stereocenters. The highest BCUT2D eigenvalue weighted by atomic mass is 28.4. The Hall–Kier alpha value is -3.38. The zero-order chi connectivity index (χ0) is 27.4. The van der Waals surface area contributed by atoms with Crippen molar-refractivity contribution in [2.24, 2.45) is 0 Å². The number of ether oxygens (including phenoxy) is 1. The Bertz CT molecular complexity index is 1310. The molecule has 1 unspecified atom stereocenters. The van der Waals surface area contributed by atoms with Crippen molar-refractivity contribution in [1.82, 2.24) is 29.9 Å². The second-order valence-corrected chi connectivity index (χ2v) is 15.7. The minimum Gasteiger partial charge on any atom is -0.417 e. The van der Waals surface area contributed by atoms with Crippen molar-refractivity contribution in [1.29, 1.82) is 0 Å². The van der Waals surface area contributed by atoms with Gasteiger partial charge in [-0.15, -0.1) is 0 Å². The Labute approximate surface area is 222 Å². The number of alkyl halides is 2. The lowest BCUT2D eigenvalue weighted by molar-refractivity contribution is -0.0528. The van der Waals surface area contributed by atoms with E-state index in [9.17, 15) is 8.78 Å². The van der Waals surface area contributed by atoms with Crippen molar-refractivity contribution in [2.75, 3.05) is 11.9 Å². The summed E-state index contributed by atoms with van der Waals surface area (Å²) in [5, 5.41) is 14.0. The quantitative estimate of drug-likeness (QED) is 0.192. The molecule has 9 nitrogen and oxygen atoms in total. The number of aromatic nitrogens is 6. The maximum atomic E-state index is 12.5. The number of hydrogen-bond donors (Lipinski definition) is 2. The fourth-order valence-electron chi connectivity index (χ4n) is 5.47. The lowest BCUT2D eigenvalue weighted by Gasteiger charge is -2.43. The number of fused-ring (bicyclic) bond motifs is 1. The van der Waals surface area contributed by atoms with Gasteiger partial charge in [-0.05, 0) is 22.2 Å². The van der Waals surface area contributed by atoms with Crippen LogP contribution in [0.25, 0.3) is 11.2 Å². The van der Waals surface area contributed by atoms with Crippen LogP contribution in [0.1, 0.15) is 53.1 Å². The van der Waals surface area contributed by atoms with E-state index >= 15 is 0 Å². The third kappa shape index (κ3) is 5.70. The number of H-pyrrole nitrogens is 1. The molecule has 0 saturated carbocycles. The van der Waals surface area contributed by atoms with Crippen molar-refractivity contribution < 1.29 is 17.9 Å². The van der Waals surface area contributed by atoms with E-state index in [0.29, 0.717) is 40.2 Å². The first kappa shape index (κ1) is 27.6. The van der Waals surface area contributed by atoms with Gasteiger partial charge in [-0.3, -0.25) is 0 Å².